The van der Waals surface area contributed by atoms with Crippen LogP contribution in [0, 0.1) is 13.8 Å². The van der Waals surface area contributed by atoms with Gasteiger partial charge < -0.3 is 14.6 Å². The lowest BCUT2D eigenvalue weighted by Crippen LogP contribution is -2.27. The Balaban J connectivity index is 1.50. The third-order valence-corrected chi connectivity index (χ3v) is 5.67. The van der Waals surface area contributed by atoms with Crippen molar-refractivity contribution in [3.05, 3.63) is 71.0 Å². The van der Waals surface area contributed by atoms with Gasteiger partial charge in [-0.1, -0.05) is 48.2 Å². The molecule has 1 N–H and O–H groups in total. The van der Waals surface area contributed by atoms with Gasteiger partial charge in [0.25, 0.3) is 0 Å². The summed E-state index contributed by atoms with van der Waals surface area (Å²) in [6.45, 7) is 6.67. The quantitative estimate of drug-likeness (QED) is 0.526. The highest BCUT2D eigenvalue weighted by molar-refractivity contribution is 7.99. The topological polar surface area (TPSA) is 69.0 Å². The van der Waals surface area contributed by atoms with Crippen LogP contribution in [0.5, 0.6) is 5.75 Å². The molecule has 2 aromatic carbocycles. The van der Waals surface area contributed by atoms with Gasteiger partial charge in [-0.25, -0.2) is 0 Å². The van der Waals surface area contributed by atoms with Gasteiger partial charge in [0.1, 0.15) is 5.75 Å². The van der Waals surface area contributed by atoms with Crippen LogP contribution in [0.15, 0.2) is 53.7 Å². The van der Waals surface area contributed by atoms with E-state index in [0.717, 1.165) is 29.1 Å². The van der Waals surface area contributed by atoms with Crippen molar-refractivity contribution in [2.24, 2.45) is 7.05 Å². The average Bonchev–Trinajstić information content (AvgIpc) is 3.07. The van der Waals surface area contributed by atoms with Crippen molar-refractivity contribution in [1.29, 1.82) is 0 Å². The van der Waals surface area contributed by atoms with Crippen LogP contribution in [0.25, 0.3) is 0 Å². The number of ether oxygens (including phenoxy) is 1. The molecular formula is C23H28N4O2S. The molecule has 3 aromatic rings. The van der Waals surface area contributed by atoms with E-state index in [1.807, 2.05) is 62.7 Å². The van der Waals surface area contributed by atoms with E-state index < -0.39 is 0 Å². The molecule has 0 spiro atoms. The molecule has 0 fully saturated rings. The van der Waals surface area contributed by atoms with Crippen LogP contribution in [0.1, 0.15) is 35.5 Å². The molecule has 30 heavy (non-hydrogen) atoms. The monoisotopic (exact) mass is 424 g/mol. The van der Waals surface area contributed by atoms with Crippen LogP contribution >= 0.6 is 11.8 Å². The van der Waals surface area contributed by atoms with Crippen LogP contribution in [0.2, 0.25) is 0 Å². The number of carbonyl (C=O) groups is 1. The van der Waals surface area contributed by atoms with E-state index in [4.69, 9.17) is 4.74 Å². The number of rotatable bonds is 9. The van der Waals surface area contributed by atoms with E-state index >= 15 is 0 Å². The van der Waals surface area contributed by atoms with Crippen LogP contribution in [0.4, 0.5) is 0 Å². The number of carbonyl (C=O) groups excluding carboxylic acids is 1. The lowest BCUT2D eigenvalue weighted by Gasteiger charge is -2.15. The van der Waals surface area contributed by atoms with Crippen LogP contribution < -0.4 is 10.1 Å². The second kappa shape index (κ2) is 10.3. The van der Waals surface area contributed by atoms with Crippen molar-refractivity contribution in [2.75, 3.05) is 12.3 Å². The van der Waals surface area contributed by atoms with Crippen molar-refractivity contribution >= 4 is 17.7 Å². The Morgan fingerprint density at radius 3 is 2.53 bits per heavy atom. The first-order chi connectivity index (χ1) is 14.4. The fourth-order valence-electron chi connectivity index (χ4n) is 3.24. The summed E-state index contributed by atoms with van der Waals surface area (Å²) >= 11 is 1.37. The van der Waals surface area contributed by atoms with Crippen molar-refractivity contribution in [3.8, 4) is 5.75 Å². The molecule has 0 bridgehead atoms. The molecule has 7 heteroatoms. The van der Waals surface area contributed by atoms with E-state index in [9.17, 15) is 4.79 Å². The Hall–Kier alpha value is -2.80. The summed E-state index contributed by atoms with van der Waals surface area (Å²) in [5.41, 5.74) is 3.52. The lowest BCUT2D eigenvalue weighted by molar-refractivity contribution is -0.118. The fraction of sp³-hybridized carbons (Fsp3) is 0.348. The molecule has 1 atom stereocenters. The number of aryl methyl sites for hydroxylation is 2. The molecule has 1 amide bonds. The summed E-state index contributed by atoms with van der Waals surface area (Å²) in [5.74, 6) is 1.82. The summed E-state index contributed by atoms with van der Waals surface area (Å²) in [6.07, 6.45) is 0.566. The van der Waals surface area contributed by atoms with Crippen molar-refractivity contribution in [2.45, 2.75) is 38.5 Å². The van der Waals surface area contributed by atoms with E-state index in [-0.39, 0.29) is 12.0 Å². The third-order valence-electron chi connectivity index (χ3n) is 4.65. The molecule has 0 saturated heterocycles. The van der Waals surface area contributed by atoms with Crippen molar-refractivity contribution in [3.63, 3.8) is 0 Å². The van der Waals surface area contributed by atoms with Gasteiger partial charge >= 0.3 is 0 Å². The molecule has 0 aliphatic rings. The Kier molecular flexibility index (Phi) is 7.52. The Morgan fingerprint density at radius 2 is 1.83 bits per heavy atom. The number of nitrogens with one attached hydrogen (secondary N) is 1. The predicted octanol–water partition coefficient (Wildman–Crippen LogP) is 4.02. The molecule has 0 aliphatic heterocycles. The van der Waals surface area contributed by atoms with Gasteiger partial charge in [-0.05, 0) is 56.0 Å². The molecule has 0 saturated carbocycles. The molecule has 0 radical (unpaired) electrons. The second-order valence-corrected chi connectivity index (χ2v) is 8.30. The second-order valence-electron chi connectivity index (χ2n) is 7.36. The average molecular weight is 425 g/mol. The highest BCUT2D eigenvalue weighted by Gasteiger charge is 2.18. The summed E-state index contributed by atoms with van der Waals surface area (Å²) < 4.78 is 7.95. The van der Waals surface area contributed by atoms with Gasteiger partial charge in [-0.15, -0.1) is 10.2 Å². The molecule has 158 valence electrons. The standard InChI is InChI=1S/C23H28N4O2S/c1-16-12-17(2)14-20(13-16)29-18(3)22-25-26-23(27(22)4)30-15-21(28)24-11-10-19-8-6-5-7-9-19/h5-9,12-14,18H,10-11,15H2,1-4H3,(H,24,28). The number of aromatic nitrogens is 3. The minimum absolute atomic E-state index is 0.0139. The van der Waals surface area contributed by atoms with Gasteiger partial charge in [0.15, 0.2) is 17.1 Å². The first-order valence-corrected chi connectivity index (χ1v) is 11.0. The van der Waals surface area contributed by atoms with E-state index in [1.165, 1.54) is 17.3 Å². The highest BCUT2D eigenvalue weighted by Crippen LogP contribution is 2.25. The summed E-state index contributed by atoms with van der Waals surface area (Å²) in [5, 5.41) is 12.1. The Morgan fingerprint density at radius 1 is 1.13 bits per heavy atom. The zero-order chi connectivity index (χ0) is 21.5. The fourth-order valence-corrected chi connectivity index (χ4v) is 3.98. The Labute approximate surface area is 182 Å². The summed E-state index contributed by atoms with van der Waals surface area (Å²) in [4.78, 5) is 12.1. The van der Waals surface area contributed by atoms with Gasteiger partial charge in [-0.2, -0.15) is 0 Å². The molecule has 0 aliphatic carbocycles. The maximum Gasteiger partial charge on any atom is 0.230 e. The highest BCUT2D eigenvalue weighted by atomic mass is 32.2. The first kappa shape index (κ1) is 21.9. The number of benzene rings is 2. The van der Waals surface area contributed by atoms with Gasteiger partial charge in [0, 0.05) is 13.6 Å². The van der Waals surface area contributed by atoms with Crippen molar-refractivity contribution < 1.29 is 9.53 Å². The number of nitrogens with zero attached hydrogens (tertiary/aromatic N) is 3. The minimum atomic E-state index is -0.252. The minimum Gasteiger partial charge on any atom is -0.483 e. The van der Waals surface area contributed by atoms with Crippen molar-refractivity contribution in [1.82, 2.24) is 20.1 Å². The smallest absolute Gasteiger partial charge is 0.230 e. The van der Waals surface area contributed by atoms with Crippen LogP contribution in [0.3, 0.4) is 0 Å². The van der Waals surface area contributed by atoms with Crippen LogP contribution in [-0.2, 0) is 18.3 Å². The molecule has 1 heterocycles. The summed E-state index contributed by atoms with van der Waals surface area (Å²) in [7, 11) is 1.90. The first-order valence-electron chi connectivity index (χ1n) is 10.00. The SMILES string of the molecule is Cc1cc(C)cc(OC(C)c2nnc(SCC(=O)NCCc3ccccc3)n2C)c1. The normalized spacial score (nSPS) is 11.9. The third kappa shape index (κ3) is 6.10. The predicted molar refractivity (Wildman–Crippen MR) is 120 cm³/mol. The number of hydrogen-bond acceptors (Lipinski definition) is 5. The maximum absolute atomic E-state index is 12.1. The maximum atomic E-state index is 12.1. The Bertz CT molecular complexity index is 968. The van der Waals surface area contributed by atoms with E-state index in [1.54, 1.807) is 0 Å². The van der Waals surface area contributed by atoms with Crippen LogP contribution in [-0.4, -0.2) is 33.0 Å². The molecule has 1 unspecified atom stereocenters. The van der Waals surface area contributed by atoms with E-state index in [0.29, 0.717) is 17.5 Å². The molecular weight excluding hydrogens is 396 g/mol. The van der Waals surface area contributed by atoms with E-state index in [2.05, 4.69) is 33.7 Å². The molecule has 6 nitrogen and oxygen atoms in total. The lowest BCUT2D eigenvalue weighted by atomic mass is 10.1. The zero-order valence-electron chi connectivity index (χ0n) is 17.9. The zero-order valence-corrected chi connectivity index (χ0v) is 18.7. The van der Waals surface area contributed by atoms with Gasteiger partial charge in [0.2, 0.25) is 5.91 Å². The number of thioether (sulfide) groups is 1. The summed E-state index contributed by atoms with van der Waals surface area (Å²) in [6, 6.07) is 16.2. The largest absolute Gasteiger partial charge is 0.483 e. The van der Waals surface area contributed by atoms with Gasteiger partial charge in [0.05, 0.1) is 5.75 Å². The molecule has 1 aromatic heterocycles. The number of amides is 1. The molecule has 3 rings (SSSR count). The van der Waals surface area contributed by atoms with Gasteiger partial charge in [-0.3, -0.25) is 4.79 Å². The number of hydrogen-bond donors (Lipinski definition) is 1.